The van der Waals surface area contributed by atoms with Gasteiger partial charge in [0.15, 0.2) is 5.82 Å². The molecule has 1 aliphatic rings. The lowest BCUT2D eigenvalue weighted by molar-refractivity contribution is 0.0869. The van der Waals surface area contributed by atoms with Crippen LogP contribution in [0.2, 0.25) is 0 Å². The van der Waals surface area contributed by atoms with Crippen LogP contribution in [0.3, 0.4) is 0 Å². The number of rotatable bonds is 2. The minimum absolute atomic E-state index is 0.0328. The Morgan fingerprint density at radius 2 is 2.19 bits per heavy atom. The summed E-state index contributed by atoms with van der Waals surface area (Å²) in [5.41, 5.74) is 5.91. The lowest BCUT2D eigenvalue weighted by Crippen LogP contribution is -2.26. The molecule has 5 heteroatoms. The van der Waals surface area contributed by atoms with Gasteiger partial charge in [-0.15, -0.1) is 0 Å². The van der Waals surface area contributed by atoms with Gasteiger partial charge < -0.3 is 15.0 Å². The minimum Gasteiger partial charge on any atom is -0.376 e. The van der Waals surface area contributed by atoms with Crippen molar-refractivity contribution < 1.29 is 9.26 Å². The number of nitrogens with zero attached hydrogens (tertiary/aromatic N) is 2. The Bertz CT molecular complexity index is 350. The summed E-state index contributed by atoms with van der Waals surface area (Å²) >= 11 is 0. The average molecular weight is 225 g/mol. The van der Waals surface area contributed by atoms with E-state index in [-0.39, 0.29) is 17.6 Å². The highest BCUT2D eigenvalue weighted by Crippen LogP contribution is 2.25. The first-order valence-corrected chi connectivity index (χ1v) is 5.70. The molecule has 2 N–H and O–H groups in total. The zero-order valence-corrected chi connectivity index (χ0v) is 10.1. The molecule has 2 unspecified atom stereocenters. The second kappa shape index (κ2) is 4.14. The molecule has 1 aromatic rings. The van der Waals surface area contributed by atoms with Crippen LogP contribution in [0.25, 0.3) is 0 Å². The van der Waals surface area contributed by atoms with Gasteiger partial charge in [0.25, 0.3) is 0 Å². The van der Waals surface area contributed by atoms with Gasteiger partial charge in [-0.3, -0.25) is 0 Å². The molecule has 16 heavy (non-hydrogen) atoms. The lowest BCUT2D eigenvalue weighted by Gasteiger charge is -2.14. The number of hydrogen-bond acceptors (Lipinski definition) is 5. The van der Waals surface area contributed by atoms with Crippen molar-refractivity contribution in [3.8, 4) is 0 Å². The van der Waals surface area contributed by atoms with Crippen molar-refractivity contribution in [2.24, 2.45) is 5.73 Å². The maximum absolute atomic E-state index is 6.05. The third kappa shape index (κ3) is 2.25. The Labute approximate surface area is 95.3 Å². The van der Waals surface area contributed by atoms with E-state index >= 15 is 0 Å². The number of aromatic nitrogens is 2. The zero-order valence-electron chi connectivity index (χ0n) is 10.1. The summed E-state index contributed by atoms with van der Waals surface area (Å²) in [7, 11) is 0. The summed E-state index contributed by atoms with van der Waals surface area (Å²) in [6, 6.07) is -0.276. The Balaban J connectivity index is 2.12. The largest absolute Gasteiger partial charge is 0.376 e. The predicted octanol–water partition coefficient (Wildman–Crippen LogP) is 1.55. The quantitative estimate of drug-likeness (QED) is 0.826. The van der Waals surface area contributed by atoms with Crippen LogP contribution < -0.4 is 5.73 Å². The lowest BCUT2D eigenvalue weighted by atomic mass is 9.97. The topological polar surface area (TPSA) is 74.2 Å². The second-order valence-electron chi connectivity index (χ2n) is 5.28. The summed E-state index contributed by atoms with van der Waals surface area (Å²) in [5, 5.41) is 3.94. The first-order valence-electron chi connectivity index (χ1n) is 5.70. The summed E-state index contributed by atoms with van der Waals surface area (Å²) in [5.74, 6) is 1.17. The van der Waals surface area contributed by atoms with Gasteiger partial charge in [0, 0.05) is 12.0 Å². The van der Waals surface area contributed by atoms with Gasteiger partial charge in [0.05, 0.1) is 12.1 Å². The number of nitrogens with two attached hydrogens (primary N) is 1. The highest BCUT2D eigenvalue weighted by molar-refractivity contribution is 5.02. The molecule has 90 valence electrons. The van der Waals surface area contributed by atoms with Crippen LogP contribution in [0.5, 0.6) is 0 Å². The molecule has 0 amide bonds. The monoisotopic (exact) mass is 225 g/mol. The predicted molar refractivity (Wildman–Crippen MR) is 58.9 cm³/mol. The zero-order chi connectivity index (χ0) is 11.8. The van der Waals surface area contributed by atoms with Crippen molar-refractivity contribution in [3.63, 3.8) is 0 Å². The van der Waals surface area contributed by atoms with Crippen LogP contribution >= 0.6 is 0 Å². The highest BCUT2D eigenvalue weighted by Gasteiger charge is 2.30. The fourth-order valence-electron chi connectivity index (χ4n) is 1.73. The fraction of sp³-hybridized carbons (Fsp3) is 0.818. The van der Waals surface area contributed by atoms with E-state index in [0.717, 1.165) is 19.4 Å². The smallest absolute Gasteiger partial charge is 0.232 e. The van der Waals surface area contributed by atoms with E-state index in [4.69, 9.17) is 15.0 Å². The summed E-state index contributed by atoms with van der Waals surface area (Å²) in [4.78, 5) is 4.34. The van der Waals surface area contributed by atoms with Gasteiger partial charge in [-0.05, 0) is 12.8 Å². The Morgan fingerprint density at radius 3 is 2.69 bits per heavy atom. The Morgan fingerprint density at radius 1 is 1.44 bits per heavy atom. The molecule has 0 bridgehead atoms. The SMILES string of the molecule is CC(C)(C)c1nc(C(N)C2CCCO2)no1. The maximum Gasteiger partial charge on any atom is 0.232 e. The van der Waals surface area contributed by atoms with Crippen molar-refractivity contribution in [2.75, 3.05) is 6.61 Å². The molecular formula is C11H19N3O2. The number of hydrogen-bond donors (Lipinski definition) is 1. The molecular weight excluding hydrogens is 206 g/mol. The van der Waals surface area contributed by atoms with Crippen LogP contribution in [0.1, 0.15) is 51.4 Å². The molecule has 0 aliphatic carbocycles. The maximum atomic E-state index is 6.05. The van der Waals surface area contributed by atoms with E-state index in [1.807, 2.05) is 20.8 Å². The standard InChI is InChI=1S/C11H19N3O2/c1-11(2,3)10-13-9(14-16-10)8(12)7-5-4-6-15-7/h7-8H,4-6,12H2,1-3H3. The van der Waals surface area contributed by atoms with E-state index in [0.29, 0.717) is 11.7 Å². The van der Waals surface area contributed by atoms with E-state index in [1.165, 1.54) is 0 Å². The van der Waals surface area contributed by atoms with E-state index in [2.05, 4.69) is 10.1 Å². The molecule has 1 fully saturated rings. The summed E-state index contributed by atoms with van der Waals surface area (Å²) in [6.45, 7) is 6.87. The molecule has 0 aromatic carbocycles. The molecule has 1 aliphatic heterocycles. The van der Waals surface area contributed by atoms with Crippen molar-refractivity contribution in [2.45, 2.75) is 51.2 Å². The molecule has 0 spiro atoms. The van der Waals surface area contributed by atoms with Crippen molar-refractivity contribution >= 4 is 0 Å². The van der Waals surface area contributed by atoms with Crippen molar-refractivity contribution in [1.82, 2.24) is 10.1 Å². The second-order valence-corrected chi connectivity index (χ2v) is 5.28. The average Bonchev–Trinajstić information content (AvgIpc) is 2.87. The molecule has 2 atom stereocenters. The van der Waals surface area contributed by atoms with E-state index in [9.17, 15) is 0 Å². The third-order valence-electron chi connectivity index (χ3n) is 2.75. The molecule has 5 nitrogen and oxygen atoms in total. The first-order chi connectivity index (χ1) is 7.48. The van der Waals surface area contributed by atoms with Gasteiger partial charge in [-0.25, -0.2) is 0 Å². The fourth-order valence-corrected chi connectivity index (χ4v) is 1.73. The van der Waals surface area contributed by atoms with Gasteiger partial charge in [0.1, 0.15) is 0 Å². The molecule has 1 aromatic heterocycles. The van der Waals surface area contributed by atoms with E-state index < -0.39 is 0 Å². The van der Waals surface area contributed by atoms with Crippen LogP contribution in [-0.4, -0.2) is 22.9 Å². The summed E-state index contributed by atoms with van der Waals surface area (Å²) in [6.07, 6.45) is 2.06. The van der Waals surface area contributed by atoms with Gasteiger partial charge in [-0.2, -0.15) is 4.98 Å². The Kier molecular flexibility index (Phi) is 2.99. The molecule has 0 radical (unpaired) electrons. The van der Waals surface area contributed by atoms with E-state index in [1.54, 1.807) is 0 Å². The molecule has 2 heterocycles. The van der Waals surface area contributed by atoms with Gasteiger partial charge >= 0.3 is 0 Å². The van der Waals surface area contributed by atoms with Crippen LogP contribution in [0, 0.1) is 0 Å². The molecule has 0 saturated carbocycles. The third-order valence-corrected chi connectivity index (χ3v) is 2.75. The van der Waals surface area contributed by atoms with Gasteiger partial charge in [-0.1, -0.05) is 25.9 Å². The normalized spacial score (nSPS) is 23.6. The molecule has 2 rings (SSSR count). The summed E-state index contributed by atoms with van der Waals surface area (Å²) < 4.78 is 10.7. The minimum atomic E-state index is -0.276. The van der Waals surface area contributed by atoms with Crippen LogP contribution in [0.4, 0.5) is 0 Å². The molecule has 1 saturated heterocycles. The van der Waals surface area contributed by atoms with Gasteiger partial charge in [0.2, 0.25) is 5.89 Å². The van der Waals surface area contributed by atoms with Crippen molar-refractivity contribution in [1.29, 1.82) is 0 Å². The number of ether oxygens (including phenoxy) is 1. The highest BCUT2D eigenvalue weighted by atomic mass is 16.5. The van der Waals surface area contributed by atoms with Crippen molar-refractivity contribution in [3.05, 3.63) is 11.7 Å². The first kappa shape index (κ1) is 11.5. The Hall–Kier alpha value is -0.940. The van der Waals surface area contributed by atoms with Crippen LogP contribution in [0.15, 0.2) is 4.52 Å². The van der Waals surface area contributed by atoms with Crippen LogP contribution in [-0.2, 0) is 10.2 Å².